The van der Waals surface area contributed by atoms with E-state index in [0.29, 0.717) is 0 Å². The lowest BCUT2D eigenvalue weighted by Crippen LogP contribution is -2.38. The fourth-order valence-corrected chi connectivity index (χ4v) is 2.73. The second kappa shape index (κ2) is 7.01. The third-order valence-electron chi connectivity index (χ3n) is 4.26. The van der Waals surface area contributed by atoms with Crippen LogP contribution in [0.3, 0.4) is 0 Å². The molecule has 106 valence electrons. The van der Waals surface area contributed by atoms with Crippen molar-refractivity contribution in [1.82, 2.24) is 10.2 Å². The van der Waals surface area contributed by atoms with Gasteiger partial charge in [-0.15, -0.1) is 0 Å². The topological polar surface area (TPSA) is 15.3 Å². The molecular formula is C16H25FN2. The number of nitrogens with one attached hydrogen (secondary N) is 1. The maximum atomic E-state index is 13.9. The van der Waals surface area contributed by atoms with Crippen molar-refractivity contribution in [3.05, 3.63) is 35.6 Å². The number of likely N-dealkylation sites (N-methyl/N-ethyl adjacent to an activating group) is 2. The highest BCUT2D eigenvalue weighted by Gasteiger charge is 2.22. The lowest BCUT2D eigenvalue weighted by Gasteiger charge is -2.34. The highest BCUT2D eigenvalue weighted by atomic mass is 19.1. The lowest BCUT2D eigenvalue weighted by atomic mass is 9.85. The van der Waals surface area contributed by atoms with Crippen LogP contribution in [0.25, 0.3) is 0 Å². The van der Waals surface area contributed by atoms with Gasteiger partial charge in [0, 0.05) is 24.7 Å². The third-order valence-corrected chi connectivity index (χ3v) is 4.26. The number of hydrogen-bond donors (Lipinski definition) is 1. The van der Waals surface area contributed by atoms with Gasteiger partial charge in [-0.05, 0) is 38.4 Å². The summed E-state index contributed by atoms with van der Waals surface area (Å²) < 4.78 is 13.9. The molecule has 0 bridgehead atoms. The summed E-state index contributed by atoms with van der Waals surface area (Å²) in [6.07, 6.45) is 4.10. The van der Waals surface area contributed by atoms with Gasteiger partial charge in [0.2, 0.25) is 0 Å². The van der Waals surface area contributed by atoms with Crippen LogP contribution < -0.4 is 5.32 Å². The minimum Gasteiger partial charge on any atom is -0.312 e. The minimum atomic E-state index is -0.110. The van der Waals surface area contributed by atoms with Gasteiger partial charge in [-0.25, -0.2) is 4.39 Å². The molecule has 1 unspecified atom stereocenters. The largest absolute Gasteiger partial charge is 0.312 e. The SMILES string of the molecule is CCN(CC1CCC1)CC(NC)c1ccccc1F. The predicted molar refractivity (Wildman–Crippen MR) is 77.7 cm³/mol. The van der Waals surface area contributed by atoms with Crippen LogP contribution in [0, 0.1) is 11.7 Å². The maximum absolute atomic E-state index is 13.9. The summed E-state index contributed by atoms with van der Waals surface area (Å²) in [7, 11) is 1.91. The van der Waals surface area contributed by atoms with Crippen molar-refractivity contribution in [2.24, 2.45) is 5.92 Å². The fourth-order valence-electron chi connectivity index (χ4n) is 2.73. The Morgan fingerprint density at radius 1 is 1.37 bits per heavy atom. The van der Waals surface area contributed by atoms with Gasteiger partial charge in [-0.3, -0.25) is 0 Å². The van der Waals surface area contributed by atoms with Crippen LogP contribution in [-0.4, -0.2) is 31.6 Å². The molecule has 1 N–H and O–H groups in total. The number of benzene rings is 1. The molecule has 1 aromatic carbocycles. The molecule has 3 heteroatoms. The van der Waals surface area contributed by atoms with E-state index < -0.39 is 0 Å². The molecule has 0 aromatic heterocycles. The van der Waals surface area contributed by atoms with E-state index in [1.165, 1.54) is 19.3 Å². The molecule has 1 fully saturated rings. The Hall–Kier alpha value is -0.930. The van der Waals surface area contributed by atoms with E-state index in [9.17, 15) is 4.39 Å². The molecule has 0 amide bonds. The first-order chi connectivity index (χ1) is 9.24. The summed E-state index contributed by atoms with van der Waals surface area (Å²) >= 11 is 0. The van der Waals surface area contributed by atoms with Crippen molar-refractivity contribution in [3.8, 4) is 0 Å². The molecule has 0 saturated heterocycles. The standard InChI is InChI=1S/C16H25FN2/c1-3-19(11-13-7-6-8-13)12-16(18-2)14-9-4-5-10-15(14)17/h4-5,9-10,13,16,18H,3,6-8,11-12H2,1-2H3. The molecule has 1 saturated carbocycles. The van der Waals surface area contributed by atoms with Gasteiger partial charge < -0.3 is 10.2 Å². The molecule has 1 aliphatic carbocycles. The normalized spacial score (nSPS) is 17.5. The Labute approximate surface area is 116 Å². The summed E-state index contributed by atoms with van der Waals surface area (Å²) in [6, 6.07) is 7.15. The summed E-state index contributed by atoms with van der Waals surface area (Å²) in [5, 5.41) is 3.25. The summed E-state index contributed by atoms with van der Waals surface area (Å²) in [5.74, 6) is 0.750. The summed E-state index contributed by atoms with van der Waals surface area (Å²) in [6.45, 7) is 5.25. The van der Waals surface area contributed by atoms with Crippen LogP contribution in [0.15, 0.2) is 24.3 Å². The van der Waals surface area contributed by atoms with E-state index in [2.05, 4.69) is 17.1 Å². The van der Waals surface area contributed by atoms with E-state index in [0.717, 1.165) is 31.1 Å². The van der Waals surface area contributed by atoms with Crippen LogP contribution in [0.1, 0.15) is 37.8 Å². The van der Waals surface area contributed by atoms with E-state index in [1.54, 1.807) is 12.1 Å². The monoisotopic (exact) mass is 264 g/mol. The number of hydrogen-bond acceptors (Lipinski definition) is 2. The van der Waals surface area contributed by atoms with E-state index in [4.69, 9.17) is 0 Å². The van der Waals surface area contributed by atoms with Gasteiger partial charge in [-0.2, -0.15) is 0 Å². The van der Waals surface area contributed by atoms with E-state index >= 15 is 0 Å². The van der Waals surface area contributed by atoms with E-state index in [1.807, 2.05) is 19.2 Å². The zero-order valence-corrected chi connectivity index (χ0v) is 12.0. The van der Waals surface area contributed by atoms with Crippen molar-refractivity contribution < 1.29 is 4.39 Å². The average molecular weight is 264 g/mol. The molecule has 0 aliphatic heterocycles. The first-order valence-corrected chi connectivity index (χ1v) is 7.38. The molecule has 2 rings (SSSR count). The van der Waals surface area contributed by atoms with E-state index in [-0.39, 0.29) is 11.9 Å². The van der Waals surface area contributed by atoms with Gasteiger partial charge in [0.05, 0.1) is 0 Å². The smallest absolute Gasteiger partial charge is 0.128 e. The minimum absolute atomic E-state index is 0.0706. The van der Waals surface area contributed by atoms with Crippen molar-refractivity contribution in [3.63, 3.8) is 0 Å². The highest BCUT2D eigenvalue weighted by molar-refractivity contribution is 5.21. The van der Waals surface area contributed by atoms with Crippen molar-refractivity contribution in [2.75, 3.05) is 26.7 Å². The molecule has 0 spiro atoms. The molecule has 0 heterocycles. The number of halogens is 1. The number of rotatable bonds is 7. The van der Waals surface area contributed by atoms with Gasteiger partial charge in [0.15, 0.2) is 0 Å². The quantitative estimate of drug-likeness (QED) is 0.813. The Bertz CT molecular complexity index is 390. The zero-order valence-electron chi connectivity index (χ0n) is 12.0. The van der Waals surface area contributed by atoms with Gasteiger partial charge in [0.25, 0.3) is 0 Å². The van der Waals surface area contributed by atoms with Gasteiger partial charge in [-0.1, -0.05) is 31.5 Å². The maximum Gasteiger partial charge on any atom is 0.128 e. The van der Waals surface area contributed by atoms with Gasteiger partial charge >= 0.3 is 0 Å². The lowest BCUT2D eigenvalue weighted by molar-refractivity contribution is 0.171. The van der Waals surface area contributed by atoms with Crippen molar-refractivity contribution in [1.29, 1.82) is 0 Å². The second-order valence-corrected chi connectivity index (χ2v) is 5.51. The fraction of sp³-hybridized carbons (Fsp3) is 0.625. The van der Waals surface area contributed by atoms with Crippen LogP contribution in [0.2, 0.25) is 0 Å². The Morgan fingerprint density at radius 2 is 2.11 bits per heavy atom. The third kappa shape index (κ3) is 3.77. The average Bonchev–Trinajstić information content (AvgIpc) is 2.38. The summed E-state index contributed by atoms with van der Waals surface area (Å²) in [4.78, 5) is 2.44. The molecule has 0 radical (unpaired) electrons. The molecule has 1 aliphatic rings. The first-order valence-electron chi connectivity index (χ1n) is 7.38. The number of nitrogens with zero attached hydrogens (tertiary/aromatic N) is 1. The van der Waals surface area contributed by atoms with Crippen molar-refractivity contribution in [2.45, 2.75) is 32.2 Å². The van der Waals surface area contributed by atoms with Gasteiger partial charge in [0.1, 0.15) is 5.82 Å². The van der Waals surface area contributed by atoms with Crippen LogP contribution in [0.5, 0.6) is 0 Å². The molecule has 1 aromatic rings. The summed E-state index contributed by atoms with van der Waals surface area (Å²) in [5.41, 5.74) is 0.775. The Morgan fingerprint density at radius 3 is 2.63 bits per heavy atom. The Balaban J connectivity index is 1.98. The van der Waals surface area contributed by atoms with Crippen LogP contribution in [0.4, 0.5) is 4.39 Å². The first kappa shape index (κ1) is 14.5. The molecular weight excluding hydrogens is 239 g/mol. The Kier molecular flexibility index (Phi) is 5.34. The molecule has 2 nitrogen and oxygen atoms in total. The zero-order chi connectivity index (χ0) is 13.7. The molecule has 1 atom stereocenters. The highest BCUT2D eigenvalue weighted by Crippen LogP contribution is 2.28. The molecule has 19 heavy (non-hydrogen) atoms. The van der Waals surface area contributed by atoms with Crippen LogP contribution >= 0.6 is 0 Å². The van der Waals surface area contributed by atoms with Crippen LogP contribution in [-0.2, 0) is 0 Å². The second-order valence-electron chi connectivity index (χ2n) is 5.51. The predicted octanol–water partition coefficient (Wildman–Crippen LogP) is 3.21. The van der Waals surface area contributed by atoms with Crippen molar-refractivity contribution >= 4 is 0 Å².